The van der Waals surface area contributed by atoms with E-state index >= 15 is 0 Å². The van der Waals surface area contributed by atoms with E-state index in [0.29, 0.717) is 17.3 Å². The van der Waals surface area contributed by atoms with E-state index in [1.54, 1.807) is 13.1 Å². The van der Waals surface area contributed by atoms with Crippen LogP contribution in [0.3, 0.4) is 0 Å². The Hall–Kier alpha value is -2.41. The zero-order chi connectivity index (χ0) is 14.0. The van der Waals surface area contributed by atoms with Crippen LogP contribution in [-0.4, -0.2) is 17.0 Å². The van der Waals surface area contributed by atoms with Crippen molar-refractivity contribution in [1.82, 2.24) is 9.97 Å². The van der Waals surface area contributed by atoms with E-state index in [2.05, 4.69) is 48.2 Å². The number of nitriles is 1. The summed E-state index contributed by atoms with van der Waals surface area (Å²) in [5.74, 6) is 1.24. The van der Waals surface area contributed by atoms with Gasteiger partial charge in [-0.05, 0) is 37.5 Å². The molecule has 1 aromatic heterocycles. The molecule has 0 saturated carbocycles. The molecule has 2 aromatic rings. The molecule has 0 aliphatic heterocycles. The van der Waals surface area contributed by atoms with Crippen LogP contribution in [0.2, 0.25) is 0 Å². The molecule has 0 spiro atoms. The zero-order valence-corrected chi connectivity index (χ0v) is 11.6. The lowest BCUT2D eigenvalue weighted by molar-refractivity contribution is 1.13. The predicted molar refractivity (Wildman–Crippen MR) is 75.9 cm³/mol. The second-order valence-corrected chi connectivity index (χ2v) is 4.50. The summed E-state index contributed by atoms with van der Waals surface area (Å²) in [6.07, 6.45) is 0. The van der Waals surface area contributed by atoms with Crippen molar-refractivity contribution in [3.63, 3.8) is 0 Å². The number of benzene rings is 1. The van der Waals surface area contributed by atoms with Crippen molar-refractivity contribution in [2.45, 2.75) is 20.8 Å². The summed E-state index contributed by atoms with van der Waals surface area (Å²) in [6.45, 7) is 6.22. The smallest absolute Gasteiger partial charge is 0.163 e. The van der Waals surface area contributed by atoms with Crippen molar-refractivity contribution in [3.05, 3.63) is 40.6 Å². The van der Waals surface area contributed by atoms with Gasteiger partial charge in [0.1, 0.15) is 17.6 Å². The highest BCUT2D eigenvalue weighted by Gasteiger charge is 2.11. The minimum Gasteiger partial charge on any atom is -0.373 e. The molecule has 1 heterocycles. The van der Waals surface area contributed by atoms with Crippen molar-refractivity contribution in [1.29, 1.82) is 5.26 Å². The molecule has 0 aliphatic rings. The van der Waals surface area contributed by atoms with E-state index in [1.807, 2.05) is 6.07 Å². The van der Waals surface area contributed by atoms with E-state index in [4.69, 9.17) is 5.26 Å². The Kier molecular flexibility index (Phi) is 3.48. The quantitative estimate of drug-likeness (QED) is 0.892. The van der Waals surface area contributed by atoms with Gasteiger partial charge in [0.05, 0.1) is 0 Å². The second-order valence-electron chi connectivity index (χ2n) is 4.50. The molecule has 0 bridgehead atoms. The van der Waals surface area contributed by atoms with Gasteiger partial charge in [-0.25, -0.2) is 9.97 Å². The summed E-state index contributed by atoms with van der Waals surface area (Å²) in [5, 5.41) is 12.0. The summed E-state index contributed by atoms with van der Waals surface area (Å²) < 4.78 is 0. The second kappa shape index (κ2) is 5.07. The van der Waals surface area contributed by atoms with Crippen LogP contribution >= 0.6 is 0 Å². The first-order valence-electron chi connectivity index (χ1n) is 6.11. The normalized spacial score (nSPS) is 10.1. The Morgan fingerprint density at radius 1 is 1.11 bits per heavy atom. The molecule has 0 amide bonds. The molecule has 4 nitrogen and oxygen atoms in total. The Labute approximate surface area is 113 Å². The molecular weight excluding hydrogens is 236 g/mol. The van der Waals surface area contributed by atoms with Crippen LogP contribution in [0.5, 0.6) is 0 Å². The van der Waals surface area contributed by atoms with Crippen molar-refractivity contribution >= 4 is 5.82 Å². The van der Waals surface area contributed by atoms with Crippen LogP contribution in [0.1, 0.15) is 22.4 Å². The van der Waals surface area contributed by atoms with Crippen LogP contribution in [0.25, 0.3) is 11.4 Å². The average Bonchev–Trinajstić information content (AvgIpc) is 2.44. The molecule has 0 fully saturated rings. The third-order valence-electron chi connectivity index (χ3n) is 3.40. The molecular formula is C15H16N4. The molecule has 4 heteroatoms. The highest BCUT2D eigenvalue weighted by molar-refractivity contribution is 5.65. The topological polar surface area (TPSA) is 61.6 Å². The SMILES string of the molecule is CNc1cc(C#N)nc(-c2ccc(C)c(C)c2C)n1. The van der Waals surface area contributed by atoms with Crippen molar-refractivity contribution < 1.29 is 0 Å². The number of aryl methyl sites for hydroxylation is 1. The maximum absolute atomic E-state index is 9.03. The molecule has 96 valence electrons. The molecule has 0 radical (unpaired) electrons. The maximum Gasteiger partial charge on any atom is 0.163 e. The molecule has 19 heavy (non-hydrogen) atoms. The number of aromatic nitrogens is 2. The Morgan fingerprint density at radius 3 is 2.47 bits per heavy atom. The van der Waals surface area contributed by atoms with Crippen molar-refractivity contribution in [3.8, 4) is 17.5 Å². The maximum atomic E-state index is 9.03. The Balaban J connectivity index is 2.66. The van der Waals surface area contributed by atoms with E-state index in [-0.39, 0.29) is 0 Å². The number of rotatable bonds is 2. The molecule has 0 saturated heterocycles. The minimum atomic E-state index is 0.368. The van der Waals surface area contributed by atoms with Gasteiger partial charge in [-0.1, -0.05) is 12.1 Å². The van der Waals surface area contributed by atoms with Crippen LogP contribution in [0, 0.1) is 32.1 Å². The number of nitrogens with one attached hydrogen (secondary N) is 1. The summed E-state index contributed by atoms with van der Waals surface area (Å²) in [6, 6.07) is 7.77. The van der Waals surface area contributed by atoms with Crippen LogP contribution < -0.4 is 5.32 Å². The number of hydrogen-bond acceptors (Lipinski definition) is 4. The van der Waals surface area contributed by atoms with E-state index in [0.717, 1.165) is 11.1 Å². The molecule has 2 rings (SSSR count). The Bertz CT molecular complexity index is 669. The van der Waals surface area contributed by atoms with E-state index < -0.39 is 0 Å². The van der Waals surface area contributed by atoms with Crippen LogP contribution in [0.4, 0.5) is 5.82 Å². The van der Waals surface area contributed by atoms with Gasteiger partial charge in [0.15, 0.2) is 5.82 Å². The minimum absolute atomic E-state index is 0.368. The van der Waals surface area contributed by atoms with E-state index in [1.165, 1.54) is 11.1 Å². The van der Waals surface area contributed by atoms with Gasteiger partial charge in [0, 0.05) is 18.7 Å². The first-order valence-corrected chi connectivity index (χ1v) is 6.11. The fourth-order valence-corrected chi connectivity index (χ4v) is 1.95. The highest BCUT2D eigenvalue weighted by atomic mass is 15.0. The average molecular weight is 252 g/mol. The van der Waals surface area contributed by atoms with Gasteiger partial charge in [-0.2, -0.15) is 5.26 Å². The Morgan fingerprint density at radius 2 is 1.84 bits per heavy atom. The monoisotopic (exact) mass is 252 g/mol. The van der Waals surface area contributed by atoms with Gasteiger partial charge in [0.2, 0.25) is 0 Å². The van der Waals surface area contributed by atoms with Gasteiger partial charge in [-0.15, -0.1) is 0 Å². The molecule has 0 aliphatic carbocycles. The number of anilines is 1. The van der Waals surface area contributed by atoms with Gasteiger partial charge < -0.3 is 5.32 Å². The molecule has 0 unspecified atom stereocenters. The highest BCUT2D eigenvalue weighted by Crippen LogP contribution is 2.25. The fraction of sp³-hybridized carbons (Fsp3) is 0.267. The lowest BCUT2D eigenvalue weighted by Crippen LogP contribution is -2.01. The van der Waals surface area contributed by atoms with Crippen molar-refractivity contribution in [2.24, 2.45) is 0 Å². The first kappa shape index (κ1) is 13.0. The fourth-order valence-electron chi connectivity index (χ4n) is 1.95. The van der Waals surface area contributed by atoms with Crippen molar-refractivity contribution in [2.75, 3.05) is 12.4 Å². The van der Waals surface area contributed by atoms with E-state index in [9.17, 15) is 0 Å². The number of nitrogens with zero attached hydrogens (tertiary/aromatic N) is 3. The van der Waals surface area contributed by atoms with Gasteiger partial charge in [0.25, 0.3) is 0 Å². The third kappa shape index (κ3) is 2.41. The lowest BCUT2D eigenvalue weighted by atomic mass is 9.98. The summed E-state index contributed by atoms with van der Waals surface area (Å²) in [4.78, 5) is 8.72. The summed E-state index contributed by atoms with van der Waals surface area (Å²) >= 11 is 0. The molecule has 1 N–H and O–H groups in total. The predicted octanol–water partition coefficient (Wildman–Crippen LogP) is 2.98. The van der Waals surface area contributed by atoms with Gasteiger partial charge in [-0.3, -0.25) is 0 Å². The van der Waals surface area contributed by atoms with Crippen LogP contribution in [0.15, 0.2) is 18.2 Å². The molecule has 1 aromatic carbocycles. The lowest BCUT2D eigenvalue weighted by Gasteiger charge is -2.11. The largest absolute Gasteiger partial charge is 0.373 e. The first-order chi connectivity index (χ1) is 9.06. The summed E-state index contributed by atoms with van der Waals surface area (Å²) in [5.41, 5.74) is 4.96. The molecule has 0 atom stereocenters. The van der Waals surface area contributed by atoms with Gasteiger partial charge >= 0.3 is 0 Å². The standard InChI is InChI=1S/C15H16N4/c1-9-5-6-13(11(3)10(9)2)15-18-12(8-16)7-14(17-4)19-15/h5-7H,1-4H3,(H,17,18,19). The van der Waals surface area contributed by atoms with Crippen LogP contribution in [-0.2, 0) is 0 Å². The summed E-state index contributed by atoms with van der Waals surface area (Å²) in [7, 11) is 1.78. The number of hydrogen-bond donors (Lipinski definition) is 1. The third-order valence-corrected chi connectivity index (χ3v) is 3.40. The zero-order valence-electron chi connectivity index (χ0n) is 11.6.